The monoisotopic (exact) mass is 536 g/mol. The Bertz CT molecular complexity index is 1330. The third-order valence-electron chi connectivity index (χ3n) is 7.11. The molecule has 40 heavy (non-hydrogen) atoms. The van der Waals surface area contributed by atoms with Gasteiger partial charge in [-0.3, -0.25) is 9.59 Å². The number of hydrogen-bond donors (Lipinski definition) is 1. The molecule has 0 saturated carbocycles. The van der Waals surface area contributed by atoms with Crippen molar-refractivity contribution in [1.29, 1.82) is 0 Å². The molecule has 0 radical (unpaired) electrons. The number of benzene rings is 4. The summed E-state index contributed by atoms with van der Waals surface area (Å²) in [6.07, 6.45) is 0.708. The van der Waals surface area contributed by atoms with E-state index in [-0.39, 0.29) is 18.4 Å². The molecule has 6 heteroatoms. The van der Waals surface area contributed by atoms with Crippen LogP contribution >= 0.6 is 0 Å². The van der Waals surface area contributed by atoms with Gasteiger partial charge in [0, 0.05) is 32.9 Å². The van der Waals surface area contributed by atoms with Crippen molar-refractivity contribution >= 4 is 11.8 Å². The predicted molar refractivity (Wildman–Crippen MR) is 157 cm³/mol. The molecule has 0 heterocycles. The van der Waals surface area contributed by atoms with Gasteiger partial charge in [0.1, 0.15) is 17.0 Å². The first-order chi connectivity index (χ1) is 19.4. The number of methoxy groups -OCH3 is 2. The van der Waals surface area contributed by atoms with Gasteiger partial charge >= 0.3 is 0 Å². The molecule has 0 aliphatic heterocycles. The summed E-state index contributed by atoms with van der Waals surface area (Å²) in [5, 5.41) is 3.16. The van der Waals surface area contributed by atoms with E-state index in [1.807, 2.05) is 109 Å². The lowest BCUT2D eigenvalue weighted by molar-refractivity contribution is -0.147. The quantitative estimate of drug-likeness (QED) is 0.256. The number of nitrogens with one attached hydrogen (secondary N) is 1. The topological polar surface area (TPSA) is 67.9 Å². The Hall–Kier alpha value is -4.58. The zero-order valence-corrected chi connectivity index (χ0v) is 23.3. The third-order valence-corrected chi connectivity index (χ3v) is 7.11. The average Bonchev–Trinajstić information content (AvgIpc) is 2.99. The summed E-state index contributed by atoms with van der Waals surface area (Å²) in [6, 6.07) is 34.9. The van der Waals surface area contributed by atoms with E-state index in [0.717, 1.165) is 33.8 Å². The number of carbonyl (C=O) groups excluding carboxylic acids is 2. The van der Waals surface area contributed by atoms with Crippen LogP contribution in [-0.2, 0) is 35.5 Å². The molecule has 0 aromatic heterocycles. The Morgan fingerprint density at radius 3 is 1.52 bits per heavy atom. The second-order valence-electron chi connectivity index (χ2n) is 9.84. The van der Waals surface area contributed by atoms with Gasteiger partial charge in [-0.05, 0) is 46.5 Å². The van der Waals surface area contributed by atoms with Crippen LogP contribution in [0, 0.1) is 0 Å². The lowest BCUT2D eigenvalue weighted by atomic mass is 9.81. The van der Waals surface area contributed by atoms with E-state index in [2.05, 4.69) is 5.32 Å². The van der Waals surface area contributed by atoms with E-state index < -0.39 is 5.54 Å². The molecule has 2 amide bonds. The summed E-state index contributed by atoms with van der Waals surface area (Å²) in [4.78, 5) is 29.6. The zero-order chi connectivity index (χ0) is 28.4. The van der Waals surface area contributed by atoms with Crippen LogP contribution in [0.3, 0.4) is 0 Å². The molecule has 0 spiro atoms. The van der Waals surface area contributed by atoms with Crippen molar-refractivity contribution in [3.63, 3.8) is 0 Å². The first-order valence-corrected chi connectivity index (χ1v) is 13.3. The molecular formula is C34H36N2O4. The Morgan fingerprint density at radius 1 is 0.650 bits per heavy atom. The fourth-order valence-corrected chi connectivity index (χ4v) is 4.97. The summed E-state index contributed by atoms with van der Waals surface area (Å²) in [5.41, 5.74) is 2.59. The molecule has 1 N–H and O–H groups in total. The molecule has 6 nitrogen and oxygen atoms in total. The van der Waals surface area contributed by atoms with Gasteiger partial charge in [-0.1, -0.05) is 84.9 Å². The van der Waals surface area contributed by atoms with Crippen molar-refractivity contribution in [2.24, 2.45) is 0 Å². The highest BCUT2D eigenvalue weighted by Gasteiger charge is 2.45. The van der Waals surface area contributed by atoms with Gasteiger partial charge in [-0.2, -0.15) is 0 Å². The zero-order valence-electron chi connectivity index (χ0n) is 23.3. The molecule has 206 valence electrons. The number of ether oxygens (including phenoxy) is 2. The molecule has 4 aromatic rings. The molecular weight excluding hydrogens is 500 g/mol. The van der Waals surface area contributed by atoms with Gasteiger partial charge in [0.2, 0.25) is 11.8 Å². The van der Waals surface area contributed by atoms with Crippen molar-refractivity contribution in [3.8, 4) is 11.5 Å². The van der Waals surface area contributed by atoms with Crippen LogP contribution in [0.25, 0.3) is 0 Å². The maximum Gasteiger partial charge on any atom is 0.246 e. The molecule has 0 unspecified atom stereocenters. The van der Waals surface area contributed by atoms with Crippen molar-refractivity contribution in [1.82, 2.24) is 10.2 Å². The Kier molecular flexibility index (Phi) is 9.57. The van der Waals surface area contributed by atoms with Gasteiger partial charge in [-0.25, -0.2) is 0 Å². The Balaban J connectivity index is 1.77. The van der Waals surface area contributed by atoms with Crippen LogP contribution < -0.4 is 14.8 Å². The van der Waals surface area contributed by atoms with Crippen molar-refractivity contribution in [3.05, 3.63) is 131 Å². The molecule has 4 aromatic carbocycles. The van der Waals surface area contributed by atoms with E-state index in [0.29, 0.717) is 19.4 Å². The Morgan fingerprint density at radius 2 is 1.10 bits per heavy atom. The highest BCUT2D eigenvalue weighted by atomic mass is 16.5. The fraction of sp³-hybridized carbons (Fsp3) is 0.235. The molecule has 0 atom stereocenters. The third kappa shape index (κ3) is 7.08. The number of hydrogen-bond acceptors (Lipinski definition) is 4. The SMILES string of the molecule is COc1ccc(CNC(=O)C(Cc2ccccc2)(Cc2ccccc2)N(Cc2ccc(OC)cc2)C(C)=O)cc1. The largest absolute Gasteiger partial charge is 0.497 e. The summed E-state index contributed by atoms with van der Waals surface area (Å²) < 4.78 is 10.6. The minimum Gasteiger partial charge on any atom is -0.497 e. The summed E-state index contributed by atoms with van der Waals surface area (Å²) in [5.74, 6) is 1.09. The van der Waals surface area contributed by atoms with E-state index >= 15 is 0 Å². The summed E-state index contributed by atoms with van der Waals surface area (Å²) >= 11 is 0. The molecule has 0 saturated heterocycles. The second-order valence-corrected chi connectivity index (χ2v) is 9.84. The second kappa shape index (κ2) is 13.5. The van der Waals surface area contributed by atoms with E-state index in [1.54, 1.807) is 19.1 Å². The number of rotatable bonds is 12. The minimum absolute atomic E-state index is 0.178. The smallest absolute Gasteiger partial charge is 0.246 e. The highest BCUT2D eigenvalue weighted by molar-refractivity contribution is 5.91. The van der Waals surface area contributed by atoms with Gasteiger partial charge in [0.25, 0.3) is 0 Å². The summed E-state index contributed by atoms with van der Waals surface area (Å²) in [6.45, 7) is 2.13. The molecule has 4 rings (SSSR count). The van der Waals surface area contributed by atoms with Gasteiger partial charge in [0.05, 0.1) is 14.2 Å². The molecule has 0 bridgehead atoms. The standard InChI is InChI=1S/C34H36N2O4/c1-26(37)36(25-30-16-20-32(40-3)21-17-30)34(22-27-10-6-4-7-11-27,23-28-12-8-5-9-13-28)33(38)35-24-29-14-18-31(39-2)19-15-29/h4-21H,22-25H2,1-3H3,(H,35,38). The maximum atomic E-state index is 14.5. The van der Waals surface area contributed by atoms with Crippen molar-refractivity contribution in [2.75, 3.05) is 14.2 Å². The Labute approximate surface area is 236 Å². The van der Waals surface area contributed by atoms with Gasteiger partial charge in [-0.15, -0.1) is 0 Å². The van der Waals surface area contributed by atoms with Crippen LogP contribution in [0.5, 0.6) is 11.5 Å². The van der Waals surface area contributed by atoms with Crippen LogP contribution in [0.1, 0.15) is 29.2 Å². The molecule has 0 aliphatic rings. The highest BCUT2D eigenvalue weighted by Crippen LogP contribution is 2.30. The van der Waals surface area contributed by atoms with Crippen LogP contribution in [0.2, 0.25) is 0 Å². The first kappa shape index (κ1) is 28.4. The van der Waals surface area contributed by atoms with Gasteiger partial charge < -0.3 is 19.7 Å². The minimum atomic E-state index is -1.19. The van der Waals surface area contributed by atoms with Crippen LogP contribution in [0.4, 0.5) is 0 Å². The van der Waals surface area contributed by atoms with E-state index in [4.69, 9.17) is 9.47 Å². The van der Waals surface area contributed by atoms with E-state index in [1.165, 1.54) is 6.92 Å². The van der Waals surface area contributed by atoms with Gasteiger partial charge in [0.15, 0.2) is 0 Å². The maximum absolute atomic E-state index is 14.5. The number of nitrogens with zero attached hydrogens (tertiary/aromatic N) is 1. The average molecular weight is 537 g/mol. The predicted octanol–water partition coefficient (Wildman–Crippen LogP) is 5.59. The summed E-state index contributed by atoms with van der Waals surface area (Å²) in [7, 11) is 3.24. The number of carbonyl (C=O) groups is 2. The number of amides is 2. The van der Waals surface area contributed by atoms with Crippen molar-refractivity contribution < 1.29 is 19.1 Å². The lowest BCUT2D eigenvalue weighted by Crippen LogP contribution is -2.62. The van der Waals surface area contributed by atoms with Crippen LogP contribution in [-0.4, -0.2) is 36.5 Å². The molecule has 0 aliphatic carbocycles. The molecule has 0 fully saturated rings. The van der Waals surface area contributed by atoms with Crippen molar-refractivity contribution in [2.45, 2.75) is 38.4 Å². The first-order valence-electron chi connectivity index (χ1n) is 13.3. The normalized spacial score (nSPS) is 11.0. The lowest BCUT2D eigenvalue weighted by Gasteiger charge is -2.43. The van der Waals surface area contributed by atoms with Crippen LogP contribution in [0.15, 0.2) is 109 Å². The fourth-order valence-electron chi connectivity index (χ4n) is 4.97. The van der Waals surface area contributed by atoms with E-state index in [9.17, 15) is 9.59 Å².